The molecule has 1 rings (SSSR count). The van der Waals surface area contributed by atoms with Gasteiger partial charge in [-0.3, -0.25) is 4.90 Å². The number of likely N-dealkylation sites (tertiary alicyclic amines) is 1. The number of nitrogens with zero attached hydrogens (tertiary/aromatic N) is 2. The number of rotatable bonds is 5. The fraction of sp³-hybridized carbons (Fsp3) is 0.917. The molecule has 1 N–H and O–H groups in total. The minimum atomic E-state index is 0.382. The highest BCUT2D eigenvalue weighted by molar-refractivity contribution is 4.88. The predicted octanol–water partition coefficient (Wildman–Crippen LogP) is 1.75. The molecule has 0 spiro atoms. The van der Waals surface area contributed by atoms with Crippen molar-refractivity contribution in [3.63, 3.8) is 0 Å². The third-order valence-electron chi connectivity index (χ3n) is 3.25. The summed E-state index contributed by atoms with van der Waals surface area (Å²) in [7, 11) is 0. The number of nitriles is 1. The standard InChI is InChI=1S/C12H23N3/c1-4-11(5-7-13)14-12-6-8-15(9-12)10(2)3/h10-12,14H,4-6,8-9H2,1-3H3. The maximum atomic E-state index is 8.68. The van der Waals surface area contributed by atoms with Gasteiger partial charge in [0.05, 0.1) is 12.5 Å². The SMILES string of the molecule is CCC(CC#N)NC1CCN(C(C)C)C1. The number of hydrogen-bond acceptors (Lipinski definition) is 3. The third-order valence-corrected chi connectivity index (χ3v) is 3.25. The Morgan fingerprint density at radius 2 is 2.27 bits per heavy atom. The molecule has 1 aliphatic heterocycles. The molecule has 1 fully saturated rings. The zero-order chi connectivity index (χ0) is 11.3. The summed E-state index contributed by atoms with van der Waals surface area (Å²) in [4.78, 5) is 2.50. The van der Waals surface area contributed by atoms with Crippen molar-refractivity contribution in [1.82, 2.24) is 10.2 Å². The van der Waals surface area contributed by atoms with Crippen LogP contribution in [0.1, 0.15) is 40.0 Å². The highest BCUT2D eigenvalue weighted by Gasteiger charge is 2.25. The molecule has 0 aromatic rings. The highest BCUT2D eigenvalue weighted by atomic mass is 15.2. The number of hydrogen-bond donors (Lipinski definition) is 1. The summed E-state index contributed by atoms with van der Waals surface area (Å²) >= 11 is 0. The summed E-state index contributed by atoms with van der Waals surface area (Å²) in [6.07, 6.45) is 2.90. The summed E-state index contributed by atoms with van der Waals surface area (Å²) in [5.74, 6) is 0. The zero-order valence-corrected chi connectivity index (χ0v) is 10.2. The van der Waals surface area contributed by atoms with Gasteiger partial charge in [-0.25, -0.2) is 0 Å². The average Bonchev–Trinajstić information content (AvgIpc) is 2.65. The van der Waals surface area contributed by atoms with E-state index in [9.17, 15) is 0 Å². The van der Waals surface area contributed by atoms with Gasteiger partial charge < -0.3 is 5.32 Å². The molecule has 0 saturated carbocycles. The largest absolute Gasteiger partial charge is 0.309 e. The summed E-state index contributed by atoms with van der Waals surface area (Å²) in [6.45, 7) is 8.96. The summed E-state index contributed by atoms with van der Waals surface area (Å²) in [5.41, 5.74) is 0. The molecular weight excluding hydrogens is 186 g/mol. The van der Waals surface area contributed by atoms with Gasteiger partial charge in [-0.05, 0) is 33.2 Å². The Balaban J connectivity index is 2.31. The Bertz CT molecular complexity index is 219. The molecule has 2 unspecified atom stereocenters. The lowest BCUT2D eigenvalue weighted by atomic mass is 10.1. The van der Waals surface area contributed by atoms with Gasteiger partial charge in [-0.15, -0.1) is 0 Å². The number of nitrogens with one attached hydrogen (secondary N) is 1. The normalized spacial score (nSPS) is 24.3. The molecular formula is C12H23N3. The maximum absolute atomic E-state index is 8.68. The van der Waals surface area contributed by atoms with Crippen LogP contribution in [0.5, 0.6) is 0 Å². The van der Waals surface area contributed by atoms with Crippen LogP contribution in [0, 0.1) is 11.3 Å². The van der Waals surface area contributed by atoms with Gasteiger partial charge in [0.15, 0.2) is 0 Å². The Hall–Kier alpha value is -0.590. The molecule has 1 aliphatic rings. The van der Waals surface area contributed by atoms with Gasteiger partial charge in [0, 0.05) is 24.7 Å². The molecule has 3 nitrogen and oxygen atoms in total. The summed E-state index contributed by atoms with van der Waals surface area (Å²) in [6, 6.07) is 3.87. The lowest BCUT2D eigenvalue weighted by Gasteiger charge is -2.22. The minimum absolute atomic E-state index is 0.382. The molecule has 3 heteroatoms. The molecule has 15 heavy (non-hydrogen) atoms. The van der Waals surface area contributed by atoms with Crippen molar-refractivity contribution in [2.75, 3.05) is 13.1 Å². The third kappa shape index (κ3) is 3.81. The second kappa shape index (κ2) is 6.09. The van der Waals surface area contributed by atoms with Crippen LogP contribution in [0.3, 0.4) is 0 Å². The first kappa shape index (κ1) is 12.5. The fourth-order valence-corrected chi connectivity index (χ4v) is 2.16. The Morgan fingerprint density at radius 3 is 2.73 bits per heavy atom. The maximum Gasteiger partial charge on any atom is 0.0638 e. The van der Waals surface area contributed by atoms with E-state index in [0.29, 0.717) is 24.5 Å². The smallest absolute Gasteiger partial charge is 0.0638 e. The van der Waals surface area contributed by atoms with Gasteiger partial charge in [0.1, 0.15) is 0 Å². The summed E-state index contributed by atoms with van der Waals surface area (Å²) in [5, 5.41) is 12.3. The van der Waals surface area contributed by atoms with E-state index >= 15 is 0 Å². The van der Waals surface area contributed by atoms with Crippen LogP contribution in [0.4, 0.5) is 0 Å². The van der Waals surface area contributed by atoms with Crippen LogP contribution in [-0.2, 0) is 0 Å². The topological polar surface area (TPSA) is 39.1 Å². The summed E-state index contributed by atoms with van der Waals surface area (Å²) < 4.78 is 0. The van der Waals surface area contributed by atoms with Crippen molar-refractivity contribution in [3.8, 4) is 6.07 Å². The van der Waals surface area contributed by atoms with Crippen molar-refractivity contribution in [2.24, 2.45) is 0 Å². The predicted molar refractivity (Wildman–Crippen MR) is 62.6 cm³/mol. The molecule has 0 amide bonds. The van der Waals surface area contributed by atoms with Crippen LogP contribution in [0.25, 0.3) is 0 Å². The van der Waals surface area contributed by atoms with Crippen LogP contribution < -0.4 is 5.32 Å². The average molecular weight is 209 g/mol. The Morgan fingerprint density at radius 1 is 1.53 bits per heavy atom. The van der Waals surface area contributed by atoms with Gasteiger partial charge in [-0.1, -0.05) is 6.92 Å². The van der Waals surface area contributed by atoms with E-state index in [0.717, 1.165) is 13.0 Å². The van der Waals surface area contributed by atoms with Crippen LogP contribution in [-0.4, -0.2) is 36.1 Å². The van der Waals surface area contributed by atoms with E-state index in [4.69, 9.17) is 5.26 Å². The highest BCUT2D eigenvalue weighted by Crippen LogP contribution is 2.13. The molecule has 2 atom stereocenters. The first-order valence-corrected chi connectivity index (χ1v) is 6.04. The van der Waals surface area contributed by atoms with E-state index in [1.165, 1.54) is 13.0 Å². The molecule has 0 aromatic heterocycles. The van der Waals surface area contributed by atoms with Gasteiger partial charge in [0.25, 0.3) is 0 Å². The van der Waals surface area contributed by atoms with Crippen molar-refractivity contribution in [2.45, 2.75) is 58.2 Å². The monoisotopic (exact) mass is 209 g/mol. The fourth-order valence-electron chi connectivity index (χ4n) is 2.16. The van der Waals surface area contributed by atoms with Crippen molar-refractivity contribution in [1.29, 1.82) is 5.26 Å². The van der Waals surface area contributed by atoms with Crippen LogP contribution in [0.2, 0.25) is 0 Å². The molecule has 1 heterocycles. The first-order chi connectivity index (χ1) is 7.17. The van der Waals surface area contributed by atoms with E-state index in [1.54, 1.807) is 0 Å². The van der Waals surface area contributed by atoms with E-state index in [-0.39, 0.29) is 0 Å². The minimum Gasteiger partial charge on any atom is -0.309 e. The lowest BCUT2D eigenvalue weighted by Crippen LogP contribution is -2.40. The van der Waals surface area contributed by atoms with E-state index in [2.05, 4.69) is 37.1 Å². The van der Waals surface area contributed by atoms with Gasteiger partial charge in [-0.2, -0.15) is 5.26 Å². The Labute approximate surface area is 93.5 Å². The van der Waals surface area contributed by atoms with E-state index in [1.807, 2.05) is 0 Å². The van der Waals surface area contributed by atoms with Crippen LogP contribution >= 0.6 is 0 Å². The van der Waals surface area contributed by atoms with E-state index < -0.39 is 0 Å². The zero-order valence-electron chi connectivity index (χ0n) is 10.2. The molecule has 0 bridgehead atoms. The van der Waals surface area contributed by atoms with Crippen LogP contribution in [0.15, 0.2) is 0 Å². The molecule has 0 radical (unpaired) electrons. The molecule has 86 valence electrons. The van der Waals surface area contributed by atoms with Crippen molar-refractivity contribution >= 4 is 0 Å². The van der Waals surface area contributed by atoms with Gasteiger partial charge >= 0.3 is 0 Å². The second-order valence-corrected chi connectivity index (χ2v) is 4.71. The van der Waals surface area contributed by atoms with Crippen molar-refractivity contribution in [3.05, 3.63) is 0 Å². The van der Waals surface area contributed by atoms with Crippen molar-refractivity contribution < 1.29 is 0 Å². The second-order valence-electron chi connectivity index (χ2n) is 4.71. The molecule has 0 aromatic carbocycles. The lowest BCUT2D eigenvalue weighted by molar-refractivity contribution is 0.265. The Kier molecular flexibility index (Phi) is 5.07. The molecule has 0 aliphatic carbocycles. The quantitative estimate of drug-likeness (QED) is 0.750. The molecule has 1 saturated heterocycles. The first-order valence-electron chi connectivity index (χ1n) is 6.04. The van der Waals surface area contributed by atoms with Gasteiger partial charge in [0.2, 0.25) is 0 Å².